The second kappa shape index (κ2) is 6.70. The number of benzene rings is 1. The first kappa shape index (κ1) is 15.5. The van der Waals surface area contributed by atoms with Gasteiger partial charge >= 0.3 is 11.9 Å². The van der Waals surface area contributed by atoms with Gasteiger partial charge in [0.2, 0.25) is 0 Å². The molecular formula is C14H14N2O6. The van der Waals surface area contributed by atoms with Crippen molar-refractivity contribution in [1.29, 1.82) is 0 Å². The normalized spacial score (nSPS) is 13.8. The van der Waals surface area contributed by atoms with E-state index in [0.29, 0.717) is 11.4 Å². The van der Waals surface area contributed by atoms with Crippen molar-refractivity contribution in [3.63, 3.8) is 0 Å². The van der Waals surface area contributed by atoms with Crippen molar-refractivity contribution in [3.8, 4) is 5.75 Å². The average molecular weight is 306 g/mol. The first-order valence-electron chi connectivity index (χ1n) is 6.53. The third-order valence-electron chi connectivity index (χ3n) is 2.73. The standard InChI is InChI=1S/C14H14N2O6/c1-2-21-14(20)11-7-12(17)16(15-11)9-3-5-10(6-4-9)22-8-13(18)19/h3-6H,2,7-8H2,1H3,(H,18,19). The van der Waals surface area contributed by atoms with Crippen molar-refractivity contribution in [1.82, 2.24) is 0 Å². The van der Waals surface area contributed by atoms with Gasteiger partial charge in [-0.15, -0.1) is 0 Å². The van der Waals surface area contributed by atoms with Crippen LogP contribution in [0.1, 0.15) is 13.3 Å². The number of carbonyl (C=O) groups excluding carboxylic acids is 2. The highest BCUT2D eigenvalue weighted by molar-refractivity contribution is 6.42. The summed E-state index contributed by atoms with van der Waals surface area (Å²) in [6, 6.07) is 6.13. The van der Waals surface area contributed by atoms with Crippen molar-refractivity contribution >= 4 is 29.2 Å². The molecule has 1 aromatic rings. The van der Waals surface area contributed by atoms with E-state index in [0.717, 1.165) is 5.01 Å². The molecular weight excluding hydrogens is 292 g/mol. The Labute approximate surface area is 125 Å². The van der Waals surface area contributed by atoms with Gasteiger partial charge in [-0.2, -0.15) is 10.1 Å². The number of rotatable bonds is 6. The van der Waals surface area contributed by atoms with Gasteiger partial charge in [0.25, 0.3) is 5.91 Å². The van der Waals surface area contributed by atoms with Crippen LogP contribution in [0.15, 0.2) is 29.4 Å². The number of hydrogen-bond acceptors (Lipinski definition) is 6. The molecule has 0 aliphatic carbocycles. The van der Waals surface area contributed by atoms with Gasteiger partial charge in [-0.25, -0.2) is 9.59 Å². The van der Waals surface area contributed by atoms with Crippen LogP contribution in [0, 0.1) is 0 Å². The van der Waals surface area contributed by atoms with Gasteiger partial charge in [-0.05, 0) is 31.2 Å². The third kappa shape index (κ3) is 3.60. The molecule has 1 N–H and O–H groups in total. The molecule has 8 heteroatoms. The van der Waals surface area contributed by atoms with E-state index in [4.69, 9.17) is 14.6 Å². The van der Waals surface area contributed by atoms with E-state index in [1.165, 1.54) is 12.1 Å². The Morgan fingerprint density at radius 1 is 1.32 bits per heavy atom. The molecule has 0 radical (unpaired) electrons. The zero-order chi connectivity index (χ0) is 16.1. The lowest BCUT2D eigenvalue weighted by Gasteiger charge is -2.12. The molecule has 0 unspecified atom stereocenters. The van der Waals surface area contributed by atoms with Crippen molar-refractivity contribution in [2.24, 2.45) is 5.10 Å². The molecule has 0 saturated heterocycles. The van der Waals surface area contributed by atoms with Crippen LogP contribution in [0.4, 0.5) is 5.69 Å². The smallest absolute Gasteiger partial charge is 0.355 e. The number of aliphatic carboxylic acids is 1. The lowest BCUT2D eigenvalue weighted by atomic mass is 10.2. The number of hydrazone groups is 1. The zero-order valence-corrected chi connectivity index (χ0v) is 11.8. The monoisotopic (exact) mass is 306 g/mol. The number of carboxylic acid groups (broad SMARTS) is 1. The summed E-state index contributed by atoms with van der Waals surface area (Å²) in [6.45, 7) is 1.43. The predicted molar refractivity (Wildman–Crippen MR) is 75.7 cm³/mol. The fraction of sp³-hybridized carbons (Fsp3) is 0.286. The topological polar surface area (TPSA) is 106 Å². The molecule has 1 aliphatic rings. The first-order valence-corrected chi connectivity index (χ1v) is 6.53. The minimum Gasteiger partial charge on any atom is -0.482 e. The summed E-state index contributed by atoms with van der Waals surface area (Å²) < 4.78 is 9.80. The first-order chi connectivity index (χ1) is 10.5. The van der Waals surface area contributed by atoms with Crippen LogP contribution in [0.3, 0.4) is 0 Å². The van der Waals surface area contributed by atoms with Gasteiger partial charge < -0.3 is 14.6 Å². The number of nitrogens with zero attached hydrogens (tertiary/aromatic N) is 2. The van der Waals surface area contributed by atoms with Gasteiger partial charge in [0.05, 0.1) is 18.7 Å². The van der Waals surface area contributed by atoms with E-state index >= 15 is 0 Å². The number of hydrogen-bond donors (Lipinski definition) is 1. The highest BCUT2D eigenvalue weighted by Crippen LogP contribution is 2.23. The molecule has 8 nitrogen and oxygen atoms in total. The quantitative estimate of drug-likeness (QED) is 0.779. The zero-order valence-electron chi connectivity index (χ0n) is 11.8. The molecule has 1 aromatic carbocycles. The van der Waals surface area contributed by atoms with Crippen LogP contribution in [-0.2, 0) is 19.1 Å². The molecule has 1 heterocycles. The van der Waals surface area contributed by atoms with E-state index in [-0.39, 0.29) is 24.6 Å². The van der Waals surface area contributed by atoms with Crippen LogP contribution >= 0.6 is 0 Å². The summed E-state index contributed by atoms with van der Waals surface area (Å²) in [6.07, 6.45) is -0.115. The Hall–Kier alpha value is -2.90. The Morgan fingerprint density at radius 2 is 2.00 bits per heavy atom. The highest BCUT2D eigenvalue weighted by atomic mass is 16.5. The van der Waals surface area contributed by atoms with E-state index in [9.17, 15) is 14.4 Å². The molecule has 22 heavy (non-hydrogen) atoms. The van der Waals surface area contributed by atoms with Crippen molar-refractivity contribution in [3.05, 3.63) is 24.3 Å². The van der Waals surface area contributed by atoms with Crippen LogP contribution in [-0.4, -0.2) is 41.9 Å². The largest absolute Gasteiger partial charge is 0.482 e. The Balaban J connectivity index is 2.09. The molecule has 0 fully saturated rings. The Bertz CT molecular complexity index is 623. The third-order valence-corrected chi connectivity index (χ3v) is 2.73. The minimum atomic E-state index is -1.08. The fourth-order valence-corrected chi connectivity index (χ4v) is 1.79. The lowest BCUT2D eigenvalue weighted by molar-refractivity contribution is -0.139. The molecule has 0 saturated carbocycles. The second-order valence-electron chi connectivity index (χ2n) is 4.33. The summed E-state index contributed by atoms with van der Waals surface area (Å²) in [5.41, 5.74) is 0.505. The summed E-state index contributed by atoms with van der Waals surface area (Å²) in [7, 11) is 0. The summed E-state index contributed by atoms with van der Waals surface area (Å²) in [5.74, 6) is -1.68. The van der Waals surface area contributed by atoms with Crippen molar-refractivity contribution in [2.75, 3.05) is 18.2 Å². The highest BCUT2D eigenvalue weighted by Gasteiger charge is 2.30. The maximum atomic E-state index is 11.9. The van der Waals surface area contributed by atoms with E-state index in [1.54, 1.807) is 19.1 Å². The Kier molecular flexibility index (Phi) is 4.72. The van der Waals surface area contributed by atoms with Gasteiger partial charge in [-0.3, -0.25) is 4.79 Å². The van der Waals surface area contributed by atoms with Gasteiger partial charge in [0.1, 0.15) is 5.75 Å². The number of esters is 1. The van der Waals surface area contributed by atoms with E-state index < -0.39 is 18.5 Å². The van der Waals surface area contributed by atoms with E-state index in [1.807, 2.05) is 0 Å². The maximum Gasteiger partial charge on any atom is 0.355 e. The maximum absolute atomic E-state index is 11.9. The molecule has 0 atom stereocenters. The molecule has 116 valence electrons. The summed E-state index contributed by atoms with van der Waals surface area (Å²) >= 11 is 0. The molecule has 0 aromatic heterocycles. The van der Waals surface area contributed by atoms with Gasteiger partial charge in [0, 0.05) is 0 Å². The fourth-order valence-electron chi connectivity index (χ4n) is 1.79. The Morgan fingerprint density at radius 3 is 2.59 bits per heavy atom. The number of carbonyl (C=O) groups is 3. The average Bonchev–Trinajstić information content (AvgIpc) is 2.88. The van der Waals surface area contributed by atoms with Gasteiger partial charge in [-0.1, -0.05) is 0 Å². The van der Waals surface area contributed by atoms with Crippen LogP contribution < -0.4 is 9.75 Å². The minimum absolute atomic E-state index is 0.0538. The molecule has 0 bridgehead atoms. The van der Waals surface area contributed by atoms with Crippen LogP contribution in [0.2, 0.25) is 0 Å². The second-order valence-corrected chi connectivity index (χ2v) is 4.33. The molecule has 2 rings (SSSR count). The number of amides is 1. The molecule has 0 spiro atoms. The SMILES string of the molecule is CCOC(=O)C1=NN(c2ccc(OCC(=O)O)cc2)C(=O)C1. The van der Waals surface area contributed by atoms with Crippen molar-refractivity contribution < 1.29 is 29.0 Å². The number of anilines is 1. The van der Waals surface area contributed by atoms with Crippen LogP contribution in [0.25, 0.3) is 0 Å². The summed E-state index contributed by atoms with van der Waals surface area (Å²) in [4.78, 5) is 33.9. The van der Waals surface area contributed by atoms with Crippen LogP contribution in [0.5, 0.6) is 5.75 Å². The summed E-state index contributed by atoms with van der Waals surface area (Å²) in [5, 5.41) is 13.6. The number of ether oxygens (including phenoxy) is 2. The number of carboxylic acids is 1. The van der Waals surface area contributed by atoms with Gasteiger partial charge in [0.15, 0.2) is 12.3 Å². The van der Waals surface area contributed by atoms with Crippen molar-refractivity contribution in [2.45, 2.75) is 13.3 Å². The van der Waals surface area contributed by atoms with E-state index in [2.05, 4.69) is 5.10 Å². The predicted octanol–water partition coefficient (Wildman–Crippen LogP) is 0.806. The molecule has 1 amide bonds. The molecule has 1 aliphatic heterocycles. The lowest BCUT2D eigenvalue weighted by Crippen LogP contribution is -2.19.